The van der Waals surface area contributed by atoms with Crippen molar-refractivity contribution < 1.29 is 24.1 Å². The lowest BCUT2D eigenvalue weighted by atomic mass is 9.96. The van der Waals surface area contributed by atoms with Gasteiger partial charge in [-0.2, -0.15) is 0 Å². The van der Waals surface area contributed by atoms with E-state index in [1.165, 1.54) is 13.2 Å². The fourth-order valence-corrected chi connectivity index (χ4v) is 5.96. The molecule has 1 N–H and O–H groups in total. The summed E-state index contributed by atoms with van der Waals surface area (Å²) in [5.41, 5.74) is 7.59. The van der Waals surface area contributed by atoms with Crippen LogP contribution in [0.2, 0.25) is 5.02 Å². The number of rotatable bonds is 6. The number of methoxy groups -OCH3 is 1. The second kappa shape index (κ2) is 11.8. The largest absolute Gasteiger partial charge is 0.494 e. The second-order valence-electron chi connectivity index (χ2n) is 11.0. The standard InChI is InChI=1S/C35H30ClN3O5/c1-42-31-17-26(35(40)41)16-30-34(31)38-32(39(30)19-28-12-13-43-28)18-23-8-9-24-14-21(23)4-2-5-22-15-27(36)11-10-25(22)20-44-33-7-3-6-29(24)37-33/h2-3,5-11,14-17,28H,4,12-13,18-20H2,1H3,(H,40,41)/b5-2+/t28-/m0/s1. The van der Waals surface area contributed by atoms with Crippen LogP contribution in [0.5, 0.6) is 11.6 Å². The predicted octanol–water partition coefficient (Wildman–Crippen LogP) is 6.99. The first-order valence-electron chi connectivity index (χ1n) is 14.5. The topological polar surface area (TPSA) is 95.7 Å². The molecule has 0 radical (unpaired) electrons. The normalized spacial score (nSPS) is 16.5. The quantitative estimate of drug-likeness (QED) is 0.222. The average Bonchev–Trinajstić information content (AvgIpc) is 3.35. The lowest BCUT2D eigenvalue weighted by Gasteiger charge is -2.27. The number of aromatic carboxylic acids is 1. The first-order valence-corrected chi connectivity index (χ1v) is 14.9. The highest BCUT2D eigenvalue weighted by Crippen LogP contribution is 2.32. The summed E-state index contributed by atoms with van der Waals surface area (Å²) in [6, 6.07) is 21.2. The van der Waals surface area contributed by atoms with E-state index in [4.69, 9.17) is 35.8 Å². The Morgan fingerprint density at radius 2 is 1.98 bits per heavy atom. The zero-order valence-corrected chi connectivity index (χ0v) is 24.9. The molecule has 2 aromatic heterocycles. The van der Waals surface area contributed by atoms with E-state index < -0.39 is 5.97 Å². The molecular weight excluding hydrogens is 578 g/mol. The van der Waals surface area contributed by atoms with Crippen molar-refractivity contribution in [3.8, 4) is 22.9 Å². The Hall–Kier alpha value is -4.66. The van der Waals surface area contributed by atoms with Crippen molar-refractivity contribution in [2.45, 2.75) is 38.5 Å². The van der Waals surface area contributed by atoms with Gasteiger partial charge in [-0.1, -0.05) is 48.0 Å². The first kappa shape index (κ1) is 28.1. The minimum atomic E-state index is -1.01. The fourth-order valence-electron chi connectivity index (χ4n) is 5.78. The molecule has 44 heavy (non-hydrogen) atoms. The third-order valence-corrected chi connectivity index (χ3v) is 8.47. The van der Waals surface area contributed by atoms with E-state index in [0.717, 1.165) is 57.9 Å². The van der Waals surface area contributed by atoms with Crippen molar-refractivity contribution in [2.75, 3.05) is 13.7 Å². The molecule has 3 aromatic carbocycles. The third kappa shape index (κ3) is 5.54. The summed E-state index contributed by atoms with van der Waals surface area (Å²) in [6.45, 7) is 1.69. The van der Waals surface area contributed by atoms with Crippen LogP contribution in [0.1, 0.15) is 44.9 Å². The number of aromatic nitrogens is 3. The molecule has 222 valence electrons. The molecule has 5 aromatic rings. The van der Waals surface area contributed by atoms with Crippen LogP contribution in [0.4, 0.5) is 0 Å². The Balaban J connectivity index is 1.33. The number of hydrogen-bond acceptors (Lipinski definition) is 6. The van der Waals surface area contributed by atoms with Crippen LogP contribution in [0.15, 0.2) is 72.8 Å². The van der Waals surface area contributed by atoms with Gasteiger partial charge in [-0.3, -0.25) is 0 Å². The van der Waals surface area contributed by atoms with Gasteiger partial charge in [0.25, 0.3) is 0 Å². The molecule has 4 bridgehead atoms. The van der Waals surface area contributed by atoms with Gasteiger partial charge in [-0.15, -0.1) is 0 Å². The number of allylic oxidation sites excluding steroid dienone is 1. The molecular formula is C35H30ClN3O5. The average molecular weight is 608 g/mol. The summed E-state index contributed by atoms with van der Waals surface area (Å²) in [5, 5.41) is 10.4. The lowest BCUT2D eigenvalue weighted by molar-refractivity contribution is -0.0589. The highest BCUT2D eigenvalue weighted by molar-refractivity contribution is 6.30. The van der Waals surface area contributed by atoms with Crippen LogP contribution < -0.4 is 9.47 Å². The fraction of sp³-hybridized carbons (Fsp3) is 0.229. The summed E-state index contributed by atoms with van der Waals surface area (Å²) in [7, 11) is 1.54. The molecule has 4 heterocycles. The van der Waals surface area contributed by atoms with Crippen molar-refractivity contribution >= 4 is 34.7 Å². The lowest BCUT2D eigenvalue weighted by Crippen LogP contribution is -2.31. The van der Waals surface area contributed by atoms with Crippen LogP contribution >= 0.6 is 11.6 Å². The number of pyridine rings is 1. The maximum atomic E-state index is 11.9. The van der Waals surface area contributed by atoms with E-state index in [1.807, 2.05) is 36.4 Å². The van der Waals surface area contributed by atoms with Gasteiger partial charge in [0.15, 0.2) is 0 Å². The van der Waals surface area contributed by atoms with E-state index in [1.54, 1.807) is 6.07 Å². The summed E-state index contributed by atoms with van der Waals surface area (Å²) in [6.07, 6.45) is 6.44. The van der Waals surface area contributed by atoms with Gasteiger partial charge >= 0.3 is 5.97 Å². The molecule has 0 saturated carbocycles. The van der Waals surface area contributed by atoms with E-state index in [9.17, 15) is 9.90 Å². The summed E-state index contributed by atoms with van der Waals surface area (Å²) >= 11 is 6.35. The van der Waals surface area contributed by atoms with E-state index in [2.05, 4.69) is 34.9 Å². The van der Waals surface area contributed by atoms with Gasteiger partial charge in [0.05, 0.1) is 36.5 Å². The van der Waals surface area contributed by atoms with Crippen molar-refractivity contribution in [3.63, 3.8) is 0 Å². The number of nitrogens with zero attached hydrogens (tertiary/aromatic N) is 3. The van der Waals surface area contributed by atoms with Gasteiger partial charge < -0.3 is 23.9 Å². The Bertz CT molecular complexity index is 1930. The molecule has 0 spiro atoms. The zero-order chi connectivity index (χ0) is 30.2. The molecule has 2 aliphatic heterocycles. The number of hydrogen-bond donors (Lipinski definition) is 1. The predicted molar refractivity (Wildman–Crippen MR) is 169 cm³/mol. The van der Waals surface area contributed by atoms with Crippen LogP contribution in [0, 0.1) is 0 Å². The molecule has 8 nitrogen and oxygen atoms in total. The number of carbonyl (C=O) groups is 1. The molecule has 1 atom stereocenters. The molecule has 7 rings (SSSR count). The minimum Gasteiger partial charge on any atom is -0.494 e. The first-order chi connectivity index (χ1) is 21.4. The maximum absolute atomic E-state index is 11.9. The molecule has 9 heteroatoms. The molecule has 0 amide bonds. The smallest absolute Gasteiger partial charge is 0.335 e. The van der Waals surface area contributed by atoms with Crippen molar-refractivity contribution in [3.05, 3.63) is 111 Å². The van der Waals surface area contributed by atoms with E-state index in [-0.39, 0.29) is 11.7 Å². The molecule has 2 aliphatic rings. The molecule has 0 aliphatic carbocycles. The highest BCUT2D eigenvalue weighted by atomic mass is 35.5. The number of benzene rings is 3. The number of halogens is 1. The highest BCUT2D eigenvalue weighted by Gasteiger charge is 2.24. The van der Waals surface area contributed by atoms with Gasteiger partial charge in [-0.05, 0) is 71.5 Å². The van der Waals surface area contributed by atoms with Gasteiger partial charge in [0.1, 0.15) is 23.7 Å². The second-order valence-corrected chi connectivity index (χ2v) is 11.5. The Labute approximate surface area is 259 Å². The number of carboxylic acids is 1. The third-order valence-electron chi connectivity index (χ3n) is 8.24. The molecule has 0 unspecified atom stereocenters. The van der Waals surface area contributed by atoms with Crippen LogP contribution in [-0.2, 0) is 30.7 Å². The van der Waals surface area contributed by atoms with Gasteiger partial charge in [-0.25, -0.2) is 14.8 Å². The summed E-state index contributed by atoms with van der Waals surface area (Å²) in [5.74, 6) is 0.791. The number of imidazole rings is 1. The number of fused-ring (bicyclic) bond motifs is 7. The van der Waals surface area contributed by atoms with E-state index in [0.29, 0.717) is 48.2 Å². The van der Waals surface area contributed by atoms with Crippen molar-refractivity contribution in [1.82, 2.24) is 14.5 Å². The van der Waals surface area contributed by atoms with Crippen molar-refractivity contribution in [2.24, 2.45) is 0 Å². The minimum absolute atomic E-state index is 0.0531. The van der Waals surface area contributed by atoms with Crippen LogP contribution in [0.3, 0.4) is 0 Å². The van der Waals surface area contributed by atoms with Gasteiger partial charge in [0.2, 0.25) is 5.88 Å². The SMILES string of the molecule is COc1cc(C(=O)O)cc2c1nc(Cc1ccc3cc1C/C=C/c1cc(Cl)ccc1COc1cccc-3n1)n2C[C@@H]1CCO1. The Kier molecular flexibility index (Phi) is 7.54. The number of carboxylic acid groups (broad SMARTS) is 1. The van der Waals surface area contributed by atoms with Gasteiger partial charge in [0, 0.05) is 29.7 Å². The molecule has 1 saturated heterocycles. The zero-order valence-electron chi connectivity index (χ0n) is 24.1. The van der Waals surface area contributed by atoms with Crippen molar-refractivity contribution in [1.29, 1.82) is 0 Å². The number of ether oxygens (including phenoxy) is 3. The molecule has 1 fully saturated rings. The Morgan fingerprint density at radius 3 is 2.77 bits per heavy atom. The van der Waals surface area contributed by atoms with Crippen LogP contribution in [0.25, 0.3) is 28.4 Å². The van der Waals surface area contributed by atoms with E-state index >= 15 is 0 Å². The monoisotopic (exact) mass is 607 g/mol. The summed E-state index contributed by atoms with van der Waals surface area (Å²) in [4.78, 5) is 21.7. The summed E-state index contributed by atoms with van der Waals surface area (Å²) < 4.78 is 19.5. The van der Waals surface area contributed by atoms with Crippen LogP contribution in [-0.4, -0.2) is 45.4 Å². The maximum Gasteiger partial charge on any atom is 0.335 e. The Morgan fingerprint density at radius 1 is 1.09 bits per heavy atom.